The maximum absolute atomic E-state index is 12.2. The van der Waals surface area contributed by atoms with Crippen LogP contribution in [0.15, 0.2) is 34.9 Å². The molecule has 26 heavy (non-hydrogen) atoms. The van der Waals surface area contributed by atoms with Gasteiger partial charge in [0.25, 0.3) is 5.91 Å². The van der Waals surface area contributed by atoms with E-state index in [0.29, 0.717) is 16.2 Å². The third-order valence-electron chi connectivity index (χ3n) is 4.09. The molecule has 7 heteroatoms. The molecule has 1 aromatic carbocycles. The number of carbonyl (C=O) groups excluding carboxylic acids is 2. The molecule has 6 nitrogen and oxygen atoms in total. The highest BCUT2D eigenvalue weighted by Gasteiger charge is 2.14. The van der Waals surface area contributed by atoms with Gasteiger partial charge in [0.1, 0.15) is 11.3 Å². The summed E-state index contributed by atoms with van der Waals surface area (Å²) in [7, 11) is 1.58. The molecule has 3 rings (SSSR count). The number of hydrogen-bond donors (Lipinski definition) is 2. The molecule has 0 fully saturated rings. The fraction of sp³-hybridized carbons (Fsp3) is 0.263. The monoisotopic (exact) mass is 372 g/mol. The first-order chi connectivity index (χ1) is 12.5. The van der Waals surface area contributed by atoms with Crippen molar-refractivity contribution in [3.05, 3.63) is 51.4 Å². The normalized spacial score (nSPS) is 10.7. The topological polar surface area (TPSA) is 80.6 Å². The van der Waals surface area contributed by atoms with Gasteiger partial charge in [-0.25, -0.2) is 0 Å². The lowest BCUT2D eigenvalue weighted by molar-refractivity contribution is -0.121. The average Bonchev–Trinajstić information content (AvgIpc) is 3.22. The van der Waals surface area contributed by atoms with Gasteiger partial charge in [0, 0.05) is 21.9 Å². The van der Waals surface area contributed by atoms with Gasteiger partial charge in [0.15, 0.2) is 0 Å². The number of methoxy groups -OCH3 is 1. The first-order valence-corrected chi connectivity index (χ1v) is 9.06. The molecule has 3 aromatic rings. The highest BCUT2D eigenvalue weighted by atomic mass is 32.1. The Balaban J connectivity index is 1.61. The summed E-state index contributed by atoms with van der Waals surface area (Å²) in [6.07, 6.45) is 2.53. The second-order valence-electron chi connectivity index (χ2n) is 5.87. The number of thiophene rings is 1. The molecule has 136 valence electrons. The third-order valence-corrected chi connectivity index (χ3v) is 5.48. The Bertz CT molecular complexity index is 958. The van der Waals surface area contributed by atoms with Gasteiger partial charge >= 0.3 is 0 Å². The summed E-state index contributed by atoms with van der Waals surface area (Å²) in [6.45, 7) is 4.02. The molecule has 2 N–H and O–H groups in total. The van der Waals surface area contributed by atoms with E-state index >= 15 is 0 Å². The number of amides is 2. The van der Waals surface area contributed by atoms with Gasteiger partial charge < -0.3 is 9.15 Å². The van der Waals surface area contributed by atoms with Crippen LogP contribution in [0.1, 0.15) is 32.6 Å². The molecular weight excluding hydrogens is 352 g/mol. The quantitative estimate of drug-likeness (QED) is 0.673. The van der Waals surface area contributed by atoms with Crippen molar-refractivity contribution < 1.29 is 18.7 Å². The van der Waals surface area contributed by atoms with Crippen molar-refractivity contribution in [2.45, 2.75) is 26.7 Å². The van der Waals surface area contributed by atoms with Gasteiger partial charge in [0.05, 0.1) is 24.7 Å². The zero-order valence-electron chi connectivity index (χ0n) is 14.8. The maximum atomic E-state index is 12.2. The summed E-state index contributed by atoms with van der Waals surface area (Å²) in [5, 5.41) is 0.841. The van der Waals surface area contributed by atoms with Crippen LogP contribution in [0.5, 0.6) is 5.75 Å². The van der Waals surface area contributed by atoms with E-state index in [9.17, 15) is 9.59 Å². The predicted molar refractivity (Wildman–Crippen MR) is 101 cm³/mol. The van der Waals surface area contributed by atoms with E-state index in [0.717, 1.165) is 22.9 Å². The number of fused-ring (bicyclic) bond motifs is 1. The molecule has 0 saturated carbocycles. The van der Waals surface area contributed by atoms with Gasteiger partial charge in [-0.05, 0) is 37.1 Å². The summed E-state index contributed by atoms with van der Waals surface area (Å²) in [4.78, 5) is 26.1. The molecular formula is C19H20N2O4S. The molecule has 0 saturated heterocycles. The minimum absolute atomic E-state index is 0.100. The molecule has 2 heterocycles. The van der Waals surface area contributed by atoms with Crippen LogP contribution in [-0.2, 0) is 17.6 Å². The molecule has 0 bridgehead atoms. The number of hydrogen-bond acceptors (Lipinski definition) is 5. The summed E-state index contributed by atoms with van der Waals surface area (Å²) < 4.78 is 10.6. The summed E-state index contributed by atoms with van der Waals surface area (Å²) in [5.41, 5.74) is 7.41. The molecule has 2 aromatic heterocycles. The molecule has 0 aliphatic rings. The van der Waals surface area contributed by atoms with Gasteiger partial charge in [-0.1, -0.05) is 6.92 Å². The zero-order chi connectivity index (χ0) is 18.7. The van der Waals surface area contributed by atoms with Crippen molar-refractivity contribution in [3.8, 4) is 5.75 Å². The smallest absolute Gasteiger partial charge is 0.279 e. The number of nitrogens with one attached hydrogen (secondary N) is 2. The molecule has 0 spiro atoms. The molecule has 0 radical (unpaired) electrons. The lowest BCUT2D eigenvalue weighted by Crippen LogP contribution is -2.42. The van der Waals surface area contributed by atoms with E-state index < -0.39 is 0 Å². The first-order valence-electron chi connectivity index (χ1n) is 8.24. The van der Waals surface area contributed by atoms with Crippen LogP contribution in [0.4, 0.5) is 0 Å². The third kappa shape index (κ3) is 3.72. The molecule has 0 aliphatic carbocycles. The van der Waals surface area contributed by atoms with Gasteiger partial charge in [-0.3, -0.25) is 20.4 Å². The Morgan fingerprint density at radius 1 is 1.23 bits per heavy atom. The van der Waals surface area contributed by atoms with Crippen LogP contribution < -0.4 is 15.6 Å². The fourth-order valence-electron chi connectivity index (χ4n) is 2.72. The number of benzene rings is 1. The van der Waals surface area contributed by atoms with E-state index in [2.05, 4.69) is 10.9 Å². The van der Waals surface area contributed by atoms with E-state index in [1.807, 2.05) is 32.0 Å². The average molecular weight is 372 g/mol. The van der Waals surface area contributed by atoms with Gasteiger partial charge in [-0.2, -0.15) is 0 Å². The largest absolute Gasteiger partial charge is 0.497 e. The van der Waals surface area contributed by atoms with E-state index in [-0.39, 0.29) is 18.2 Å². The lowest BCUT2D eigenvalue weighted by Gasteiger charge is -2.05. The lowest BCUT2D eigenvalue weighted by atomic mass is 10.1. The minimum atomic E-state index is -0.319. The number of hydrazine groups is 1. The molecule has 2 amide bonds. The second kappa shape index (κ2) is 7.61. The SMILES string of the molecule is CCc1sc(C(=O)NNC(=O)Cc2coc3cc(OC)ccc23)cc1C. The molecule has 0 unspecified atom stereocenters. The van der Waals surface area contributed by atoms with Crippen molar-refractivity contribution in [2.75, 3.05) is 7.11 Å². The summed E-state index contributed by atoms with van der Waals surface area (Å²) in [5.74, 6) is 0.0570. The van der Waals surface area contributed by atoms with Gasteiger partial charge in [0.2, 0.25) is 5.91 Å². The van der Waals surface area contributed by atoms with Crippen LogP contribution in [0.3, 0.4) is 0 Å². The number of furan rings is 1. The highest BCUT2D eigenvalue weighted by molar-refractivity contribution is 7.14. The molecule has 0 atom stereocenters. The summed E-state index contributed by atoms with van der Waals surface area (Å²) >= 11 is 1.44. The number of aryl methyl sites for hydroxylation is 2. The van der Waals surface area contributed by atoms with E-state index in [1.54, 1.807) is 19.4 Å². The maximum Gasteiger partial charge on any atom is 0.279 e. The van der Waals surface area contributed by atoms with Crippen LogP contribution in [-0.4, -0.2) is 18.9 Å². The molecule has 0 aliphatic heterocycles. The van der Waals surface area contributed by atoms with E-state index in [4.69, 9.17) is 9.15 Å². The standard InChI is InChI=1S/C19H20N2O4S/c1-4-16-11(2)7-17(26-16)19(23)21-20-18(22)8-12-10-25-15-9-13(24-3)5-6-14(12)15/h5-7,9-10H,4,8H2,1-3H3,(H,20,22)(H,21,23). The Hall–Kier alpha value is -2.80. The van der Waals surface area contributed by atoms with Crippen molar-refractivity contribution in [1.82, 2.24) is 10.9 Å². The first kappa shape index (κ1) is 18.0. The number of ether oxygens (including phenoxy) is 1. The zero-order valence-corrected chi connectivity index (χ0v) is 15.7. The van der Waals surface area contributed by atoms with Crippen LogP contribution in [0.25, 0.3) is 11.0 Å². The Kier molecular flexibility index (Phi) is 5.27. The Labute approximate surface area is 155 Å². The van der Waals surface area contributed by atoms with Crippen molar-refractivity contribution in [3.63, 3.8) is 0 Å². The second-order valence-corrected chi connectivity index (χ2v) is 7.01. The highest BCUT2D eigenvalue weighted by Crippen LogP contribution is 2.26. The summed E-state index contributed by atoms with van der Waals surface area (Å²) in [6, 6.07) is 7.26. The fourth-order valence-corrected chi connectivity index (χ4v) is 3.72. The van der Waals surface area contributed by atoms with Crippen molar-refractivity contribution in [2.24, 2.45) is 0 Å². The number of rotatable bonds is 5. The van der Waals surface area contributed by atoms with Crippen LogP contribution in [0.2, 0.25) is 0 Å². The van der Waals surface area contributed by atoms with Crippen LogP contribution in [0, 0.1) is 6.92 Å². The van der Waals surface area contributed by atoms with Gasteiger partial charge in [-0.15, -0.1) is 11.3 Å². The number of carbonyl (C=O) groups is 2. The van der Waals surface area contributed by atoms with E-state index in [1.165, 1.54) is 16.2 Å². The Morgan fingerprint density at radius 3 is 2.73 bits per heavy atom. The van der Waals surface area contributed by atoms with Crippen LogP contribution >= 0.6 is 11.3 Å². The Morgan fingerprint density at radius 2 is 2.04 bits per heavy atom. The van der Waals surface area contributed by atoms with Crippen molar-refractivity contribution in [1.29, 1.82) is 0 Å². The minimum Gasteiger partial charge on any atom is -0.497 e. The van der Waals surface area contributed by atoms with Crippen molar-refractivity contribution >= 4 is 34.1 Å². The predicted octanol–water partition coefficient (Wildman–Crippen LogP) is 3.38.